The van der Waals surface area contributed by atoms with Gasteiger partial charge in [-0.1, -0.05) is 66.2 Å². The molecule has 1 amide bonds. The SMILES string of the molecule is COc1cccc(/C=C(\C#N)C(=O)Nc2ccc(Cl)cc2)c1OCc1cccc2ccccc12. The lowest BCUT2D eigenvalue weighted by atomic mass is 10.1. The minimum absolute atomic E-state index is 0.0711. The van der Waals surface area contributed by atoms with E-state index in [1.165, 1.54) is 6.08 Å². The Bertz CT molecular complexity index is 1400. The third-order valence-corrected chi connectivity index (χ3v) is 5.50. The molecule has 0 bridgehead atoms. The van der Waals surface area contributed by atoms with Crippen molar-refractivity contribution >= 4 is 40.0 Å². The fraction of sp³-hybridized carbons (Fsp3) is 0.0714. The Morgan fingerprint density at radius 2 is 1.74 bits per heavy atom. The van der Waals surface area contributed by atoms with Crippen molar-refractivity contribution < 1.29 is 14.3 Å². The summed E-state index contributed by atoms with van der Waals surface area (Å²) in [6.45, 7) is 0.293. The molecule has 0 saturated carbocycles. The van der Waals surface area contributed by atoms with Crippen molar-refractivity contribution in [2.75, 3.05) is 12.4 Å². The average Bonchev–Trinajstić information content (AvgIpc) is 2.87. The molecule has 168 valence electrons. The molecule has 0 aliphatic rings. The standard InChI is InChI=1S/C28H21ClN2O3/c1-33-26-11-5-8-20(16-22(17-30)28(32)31-24-14-12-23(29)13-15-24)27(26)34-18-21-9-4-7-19-6-2-3-10-25(19)21/h2-16H,18H2,1H3,(H,31,32)/b22-16+. The Morgan fingerprint density at radius 3 is 2.50 bits per heavy atom. The summed E-state index contributed by atoms with van der Waals surface area (Å²) in [6.07, 6.45) is 1.49. The van der Waals surface area contributed by atoms with E-state index in [2.05, 4.69) is 17.4 Å². The summed E-state index contributed by atoms with van der Waals surface area (Å²) in [5.41, 5.74) is 2.04. The van der Waals surface area contributed by atoms with Gasteiger partial charge in [0.1, 0.15) is 18.2 Å². The number of nitrogens with one attached hydrogen (secondary N) is 1. The average molecular weight is 469 g/mol. The molecule has 0 heterocycles. The number of halogens is 1. The molecule has 6 heteroatoms. The van der Waals surface area contributed by atoms with Crippen LogP contribution in [-0.4, -0.2) is 13.0 Å². The maximum absolute atomic E-state index is 12.7. The number of fused-ring (bicyclic) bond motifs is 1. The molecule has 0 unspecified atom stereocenters. The molecule has 0 aromatic heterocycles. The molecule has 0 spiro atoms. The van der Waals surface area contributed by atoms with E-state index in [1.807, 2.05) is 36.4 Å². The topological polar surface area (TPSA) is 71.3 Å². The molecule has 0 radical (unpaired) electrons. The van der Waals surface area contributed by atoms with Crippen molar-refractivity contribution in [3.8, 4) is 17.6 Å². The number of carbonyl (C=O) groups excluding carboxylic acids is 1. The highest BCUT2D eigenvalue weighted by Crippen LogP contribution is 2.34. The molecule has 5 nitrogen and oxygen atoms in total. The van der Waals surface area contributed by atoms with Crippen LogP contribution in [0.15, 0.2) is 90.5 Å². The maximum Gasteiger partial charge on any atom is 0.266 e. The maximum atomic E-state index is 12.7. The lowest BCUT2D eigenvalue weighted by molar-refractivity contribution is -0.112. The van der Waals surface area contributed by atoms with Gasteiger partial charge in [0.05, 0.1) is 7.11 Å². The van der Waals surface area contributed by atoms with E-state index in [-0.39, 0.29) is 5.57 Å². The Labute approximate surface area is 202 Å². The smallest absolute Gasteiger partial charge is 0.266 e. The van der Waals surface area contributed by atoms with Crippen LogP contribution in [0, 0.1) is 11.3 Å². The number of rotatable bonds is 7. The summed E-state index contributed by atoms with van der Waals surface area (Å²) < 4.78 is 11.7. The first kappa shape index (κ1) is 22.9. The fourth-order valence-electron chi connectivity index (χ4n) is 3.57. The van der Waals surface area contributed by atoms with Crippen LogP contribution >= 0.6 is 11.6 Å². The monoisotopic (exact) mass is 468 g/mol. The molecular formula is C28H21ClN2O3. The number of carbonyl (C=O) groups is 1. The van der Waals surface area contributed by atoms with Crippen molar-refractivity contribution in [3.05, 3.63) is 107 Å². The van der Waals surface area contributed by atoms with Gasteiger partial charge in [-0.15, -0.1) is 0 Å². The summed E-state index contributed by atoms with van der Waals surface area (Å²) in [6, 6.07) is 28.1. The molecule has 4 aromatic carbocycles. The summed E-state index contributed by atoms with van der Waals surface area (Å²) in [5.74, 6) is 0.419. The lowest BCUT2D eigenvalue weighted by Crippen LogP contribution is -2.13. The number of amides is 1. The second kappa shape index (κ2) is 10.6. The molecule has 0 aliphatic heterocycles. The molecule has 0 saturated heterocycles. The minimum atomic E-state index is -0.535. The van der Waals surface area contributed by atoms with Crippen molar-refractivity contribution in [1.82, 2.24) is 0 Å². The van der Waals surface area contributed by atoms with Crippen LogP contribution in [0.3, 0.4) is 0 Å². The number of hydrogen-bond donors (Lipinski definition) is 1. The number of hydrogen-bond acceptors (Lipinski definition) is 4. The Kier molecular flexibility index (Phi) is 7.12. The van der Waals surface area contributed by atoms with Gasteiger partial charge in [-0.25, -0.2) is 0 Å². The first-order valence-corrected chi connectivity index (χ1v) is 10.9. The Morgan fingerprint density at radius 1 is 1.00 bits per heavy atom. The van der Waals surface area contributed by atoms with Crippen molar-refractivity contribution in [2.45, 2.75) is 6.61 Å². The van der Waals surface area contributed by atoms with E-state index >= 15 is 0 Å². The van der Waals surface area contributed by atoms with Crippen LogP contribution < -0.4 is 14.8 Å². The van der Waals surface area contributed by atoms with Gasteiger partial charge in [-0.05, 0) is 52.7 Å². The normalized spacial score (nSPS) is 11.0. The van der Waals surface area contributed by atoms with Crippen molar-refractivity contribution in [1.29, 1.82) is 5.26 Å². The highest BCUT2D eigenvalue weighted by atomic mass is 35.5. The highest BCUT2D eigenvalue weighted by Gasteiger charge is 2.15. The van der Waals surface area contributed by atoms with Crippen LogP contribution in [0.4, 0.5) is 5.69 Å². The van der Waals surface area contributed by atoms with E-state index in [0.29, 0.717) is 34.4 Å². The second-order valence-corrected chi connectivity index (χ2v) is 7.87. The van der Waals surface area contributed by atoms with Gasteiger partial charge in [0.25, 0.3) is 5.91 Å². The Hall–Kier alpha value is -4.27. The van der Waals surface area contributed by atoms with E-state index in [9.17, 15) is 10.1 Å². The predicted molar refractivity (Wildman–Crippen MR) is 135 cm³/mol. The van der Waals surface area contributed by atoms with Crippen LogP contribution in [-0.2, 0) is 11.4 Å². The van der Waals surface area contributed by atoms with E-state index in [1.54, 1.807) is 49.6 Å². The third kappa shape index (κ3) is 5.20. The first-order valence-electron chi connectivity index (χ1n) is 10.5. The van der Waals surface area contributed by atoms with Crippen molar-refractivity contribution in [2.24, 2.45) is 0 Å². The summed E-state index contributed by atoms with van der Waals surface area (Å²) in [7, 11) is 1.55. The predicted octanol–water partition coefficient (Wildman–Crippen LogP) is 6.63. The molecule has 34 heavy (non-hydrogen) atoms. The molecule has 4 rings (SSSR count). The van der Waals surface area contributed by atoms with E-state index < -0.39 is 5.91 Å². The van der Waals surface area contributed by atoms with Crippen LogP contribution in [0.25, 0.3) is 16.8 Å². The summed E-state index contributed by atoms with van der Waals surface area (Å²) in [5, 5.41) is 15.1. The molecule has 0 aliphatic carbocycles. The first-order chi connectivity index (χ1) is 16.6. The number of benzene rings is 4. The van der Waals surface area contributed by atoms with Crippen molar-refractivity contribution in [3.63, 3.8) is 0 Å². The molecule has 1 N–H and O–H groups in total. The van der Waals surface area contributed by atoms with Gasteiger partial charge in [-0.3, -0.25) is 4.79 Å². The number of anilines is 1. The van der Waals surface area contributed by atoms with Crippen LogP contribution in [0.2, 0.25) is 5.02 Å². The molecule has 0 atom stereocenters. The van der Waals surface area contributed by atoms with Gasteiger partial charge < -0.3 is 14.8 Å². The number of nitrogens with zero attached hydrogens (tertiary/aromatic N) is 1. The zero-order valence-corrected chi connectivity index (χ0v) is 19.2. The fourth-order valence-corrected chi connectivity index (χ4v) is 3.69. The van der Waals surface area contributed by atoms with Gasteiger partial charge in [-0.2, -0.15) is 5.26 Å². The number of nitriles is 1. The minimum Gasteiger partial charge on any atom is -0.493 e. The molecular weight excluding hydrogens is 448 g/mol. The van der Waals surface area contributed by atoms with E-state index in [4.69, 9.17) is 21.1 Å². The zero-order valence-electron chi connectivity index (χ0n) is 18.4. The van der Waals surface area contributed by atoms with Crippen LogP contribution in [0.1, 0.15) is 11.1 Å². The quantitative estimate of drug-likeness (QED) is 0.244. The van der Waals surface area contributed by atoms with Gasteiger partial charge in [0, 0.05) is 16.3 Å². The van der Waals surface area contributed by atoms with Gasteiger partial charge in [0.15, 0.2) is 11.5 Å². The van der Waals surface area contributed by atoms with E-state index in [0.717, 1.165) is 16.3 Å². The number of ether oxygens (including phenoxy) is 2. The highest BCUT2D eigenvalue weighted by molar-refractivity contribution is 6.30. The lowest BCUT2D eigenvalue weighted by Gasteiger charge is -2.15. The largest absolute Gasteiger partial charge is 0.493 e. The van der Waals surface area contributed by atoms with Gasteiger partial charge in [0.2, 0.25) is 0 Å². The Balaban J connectivity index is 1.63. The van der Waals surface area contributed by atoms with Crippen LogP contribution in [0.5, 0.6) is 11.5 Å². The molecule has 0 fully saturated rings. The van der Waals surface area contributed by atoms with Gasteiger partial charge >= 0.3 is 0 Å². The second-order valence-electron chi connectivity index (χ2n) is 7.44. The zero-order chi connectivity index (χ0) is 23.9. The molecule has 4 aromatic rings. The summed E-state index contributed by atoms with van der Waals surface area (Å²) in [4.78, 5) is 12.7. The number of para-hydroxylation sites is 1. The number of methoxy groups -OCH3 is 1. The summed E-state index contributed by atoms with van der Waals surface area (Å²) >= 11 is 5.90. The third-order valence-electron chi connectivity index (χ3n) is 5.25.